The van der Waals surface area contributed by atoms with Crippen LogP contribution < -0.4 is 11.7 Å². The largest absolute Gasteiger partial charge is 0.274 e. The van der Waals surface area contributed by atoms with Gasteiger partial charge in [-0.2, -0.15) is 10.5 Å². The fourth-order valence-electron chi connectivity index (χ4n) is 0. The Bertz CT molecular complexity index is 60.5. The van der Waals surface area contributed by atoms with Crippen LogP contribution in [-0.4, -0.2) is 0 Å². The van der Waals surface area contributed by atoms with Crippen LogP contribution in [0.4, 0.5) is 0 Å². The zero-order valence-corrected chi connectivity index (χ0v) is 3.05. The fourth-order valence-corrected chi connectivity index (χ4v) is 0. The highest BCUT2D eigenvalue weighted by Crippen LogP contribution is 1.27. The van der Waals surface area contributed by atoms with Gasteiger partial charge in [0.1, 0.15) is 0 Å². The Balaban J connectivity index is 0. The smallest absolute Gasteiger partial charge is 0.181 e. The van der Waals surface area contributed by atoms with Crippen LogP contribution in [0.3, 0.4) is 0 Å². The van der Waals surface area contributed by atoms with E-state index in [0.717, 1.165) is 0 Å². The lowest BCUT2D eigenvalue weighted by Crippen LogP contribution is -2.02. The second-order valence-corrected chi connectivity index (χ2v) is 0.224. The normalized spacial score (nSPS) is 2.67. The Hall–Kier alpha value is -1.10. The van der Waals surface area contributed by atoms with E-state index in [0.29, 0.717) is 0 Å². The van der Waals surface area contributed by atoms with Gasteiger partial charge in [0.25, 0.3) is 0 Å². The van der Waals surface area contributed by atoms with Gasteiger partial charge < -0.3 is 0 Å². The summed E-state index contributed by atoms with van der Waals surface area (Å²) in [5.41, 5.74) is 0. The fraction of sp³-hybridized carbons (Fsp3) is 0. The molecule has 0 aromatic heterocycles. The molecule has 0 bridgehead atoms. The van der Waals surface area contributed by atoms with Crippen LogP contribution in [0.1, 0.15) is 0 Å². The van der Waals surface area contributed by atoms with E-state index in [1.807, 2.05) is 0 Å². The zero-order chi connectivity index (χ0) is 5.41. The molecule has 0 spiro atoms. The first-order valence-corrected chi connectivity index (χ1v) is 1.03. The predicted octanol–water partition coefficient (Wildman–Crippen LogP) is -1.15. The van der Waals surface area contributed by atoms with Crippen molar-refractivity contribution in [3.8, 4) is 12.1 Å². The van der Waals surface area contributed by atoms with Gasteiger partial charge >= 0.3 is 0 Å². The first kappa shape index (κ1) is 8.86. The van der Waals surface area contributed by atoms with E-state index in [-0.39, 0.29) is 0 Å². The maximum absolute atomic E-state index is 7.26. The molecule has 0 aromatic carbocycles. The van der Waals surface area contributed by atoms with Gasteiger partial charge in [0.15, 0.2) is 12.1 Å². The van der Waals surface area contributed by atoms with Gasteiger partial charge in [-0.3, -0.25) is 11.7 Å². The Labute approximate surface area is 35.5 Å². The Morgan fingerprint density at radius 2 is 1.17 bits per heavy atom. The van der Waals surface area contributed by atoms with Crippen LogP contribution >= 0.6 is 0 Å². The van der Waals surface area contributed by atoms with Gasteiger partial charge in [-0.25, -0.2) is 0 Å². The summed E-state index contributed by atoms with van der Waals surface area (Å²) in [6.07, 6.45) is 0. The summed E-state index contributed by atoms with van der Waals surface area (Å²) in [5, 5.41) is 14.5. The molecule has 0 saturated carbocycles. The molecule has 4 heteroatoms. The van der Waals surface area contributed by atoms with E-state index < -0.39 is 0 Å². The predicted molar refractivity (Wildman–Crippen MR) is 19.6 cm³/mol. The van der Waals surface area contributed by atoms with Crippen LogP contribution in [0.5, 0.6) is 0 Å². The summed E-state index contributed by atoms with van der Waals surface area (Å²) in [5.74, 6) is 8.00. The summed E-state index contributed by atoms with van der Waals surface area (Å²) in [6.45, 7) is 0. The highest BCUT2D eigenvalue weighted by molar-refractivity contribution is 4.99. The molecule has 0 aromatic rings. The van der Waals surface area contributed by atoms with Crippen molar-refractivity contribution in [3.63, 3.8) is 0 Å². The molecule has 0 aliphatic rings. The number of nitriles is 2. The highest BCUT2D eigenvalue weighted by atomic mass is 15.0. The number of nitrogens with two attached hydrogens (primary N) is 2. The molecule has 0 fully saturated rings. The number of hydrogen-bond donors (Lipinski definition) is 2. The van der Waals surface area contributed by atoms with Crippen molar-refractivity contribution in [2.45, 2.75) is 0 Å². The van der Waals surface area contributed by atoms with Crippen LogP contribution in [0.2, 0.25) is 0 Å². The summed E-state index contributed by atoms with van der Waals surface area (Å²) in [7, 11) is 0. The molecule has 0 saturated heterocycles. The van der Waals surface area contributed by atoms with Crippen LogP contribution in [0.25, 0.3) is 0 Å². The van der Waals surface area contributed by atoms with Crippen LogP contribution in [-0.2, 0) is 0 Å². The average molecular weight is 84.1 g/mol. The second kappa shape index (κ2) is 40.5. The molecule has 0 aliphatic carbocycles. The number of hydrazine groups is 1. The van der Waals surface area contributed by atoms with Gasteiger partial charge in [0.05, 0.1) is 0 Å². The minimum absolute atomic E-state index is 1.24. The molecule has 0 unspecified atom stereocenters. The SMILES string of the molecule is N#CC#N.NN. The Morgan fingerprint density at radius 3 is 1.17 bits per heavy atom. The summed E-state index contributed by atoms with van der Waals surface area (Å²) in [4.78, 5) is 0. The molecule has 0 rings (SSSR count). The molecule has 0 amide bonds. The van der Waals surface area contributed by atoms with Crippen molar-refractivity contribution in [1.82, 2.24) is 0 Å². The third kappa shape index (κ3) is 1050. The van der Waals surface area contributed by atoms with Gasteiger partial charge in [0.2, 0.25) is 0 Å². The third-order valence-electron chi connectivity index (χ3n) is 0.0500. The monoisotopic (exact) mass is 84.0 g/mol. The molecule has 4 nitrogen and oxygen atoms in total. The number of nitrogens with zero attached hydrogens (tertiary/aromatic N) is 2. The maximum atomic E-state index is 7.26. The van der Waals surface area contributed by atoms with Crippen molar-refractivity contribution in [1.29, 1.82) is 10.5 Å². The van der Waals surface area contributed by atoms with E-state index in [4.69, 9.17) is 10.5 Å². The number of hydrogen-bond acceptors (Lipinski definition) is 4. The Kier molecular flexibility index (Phi) is 59.8. The molecule has 4 N–H and O–H groups in total. The molecule has 6 heavy (non-hydrogen) atoms. The standard InChI is InChI=1S/C2N2.H4N2/c3-1-2-4;1-2/h;1-2H2. The summed E-state index contributed by atoms with van der Waals surface area (Å²) < 4.78 is 0. The average Bonchev–Trinajstić information content (AvgIpc) is 1.72. The summed E-state index contributed by atoms with van der Waals surface area (Å²) in [6, 6.07) is 2.47. The van der Waals surface area contributed by atoms with E-state index in [1.165, 1.54) is 12.1 Å². The molecule has 0 radical (unpaired) electrons. The molecule has 0 atom stereocenters. The van der Waals surface area contributed by atoms with Crippen molar-refractivity contribution >= 4 is 0 Å². The third-order valence-corrected chi connectivity index (χ3v) is 0.0500. The summed E-state index contributed by atoms with van der Waals surface area (Å²) >= 11 is 0. The lowest BCUT2D eigenvalue weighted by molar-refractivity contribution is 1.26. The van der Waals surface area contributed by atoms with Gasteiger partial charge in [-0.1, -0.05) is 0 Å². The van der Waals surface area contributed by atoms with Crippen molar-refractivity contribution in [2.75, 3.05) is 0 Å². The molecule has 32 valence electrons. The quantitative estimate of drug-likeness (QED) is 0.286. The van der Waals surface area contributed by atoms with Crippen LogP contribution in [0.15, 0.2) is 0 Å². The van der Waals surface area contributed by atoms with Gasteiger partial charge in [-0.15, -0.1) is 0 Å². The maximum Gasteiger partial charge on any atom is 0.181 e. The molecule has 0 heterocycles. The minimum Gasteiger partial charge on any atom is -0.274 e. The first-order valence-electron chi connectivity index (χ1n) is 1.03. The lowest BCUT2D eigenvalue weighted by atomic mass is 10.9. The van der Waals surface area contributed by atoms with Gasteiger partial charge in [-0.05, 0) is 0 Å². The van der Waals surface area contributed by atoms with Crippen molar-refractivity contribution in [3.05, 3.63) is 0 Å². The van der Waals surface area contributed by atoms with Crippen LogP contribution in [0, 0.1) is 22.7 Å². The number of rotatable bonds is 0. The highest BCUT2D eigenvalue weighted by Gasteiger charge is 1.39. The second-order valence-electron chi connectivity index (χ2n) is 0.224. The van der Waals surface area contributed by atoms with E-state index >= 15 is 0 Å². The van der Waals surface area contributed by atoms with Crippen molar-refractivity contribution < 1.29 is 0 Å². The molecular formula is C2H4N4. The van der Waals surface area contributed by atoms with Crippen molar-refractivity contribution in [2.24, 2.45) is 11.7 Å². The topological polar surface area (TPSA) is 99.6 Å². The first-order chi connectivity index (χ1) is 2.91. The Morgan fingerprint density at radius 1 is 1.00 bits per heavy atom. The molecule has 0 aliphatic heterocycles. The molecular weight excluding hydrogens is 80.0 g/mol. The van der Waals surface area contributed by atoms with E-state index in [2.05, 4.69) is 11.7 Å². The van der Waals surface area contributed by atoms with E-state index in [1.54, 1.807) is 0 Å². The van der Waals surface area contributed by atoms with Gasteiger partial charge in [0, 0.05) is 0 Å². The minimum atomic E-state index is 1.24. The zero-order valence-electron chi connectivity index (χ0n) is 3.05. The van der Waals surface area contributed by atoms with E-state index in [9.17, 15) is 0 Å². The lowest BCUT2D eigenvalue weighted by Gasteiger charge is -1.27.